The number of benzene rings is 4. The molecule has 0 aliphatic rings. The Morgan fingerprint density at radius 3 is 2.19 bits per heavy atom. The first-order valence-corrected chi connectivity index (χ1v) is 10.5. The summed E-state index contributed by atoms with van der Waals surface area (Å²) < 4.78 is 47.9. The van der Waals surface area contributed by atoms with Crippen LogP contribution in [0.4, 0.5) is 13.2 Å². The highest BCUT2D eigenvalue weighted by Gasteiger charge is 2.12. The third-order valence-electron chi connectivity index (χ3n) is 5.32. The van der Waals surface area contributed by atoms with Gasteiger partial charge in [0.2, 0.25) is 0 Å². The van der Waals surface area contributed by atoms with Gasteiger partial charge in [-0.1, -0.05) is 60.7 Å². The van der Waals surface area contributed by atoms with Crippen molar-refractivity contribution in [3.8, 4) is 16.9 Å². The van der Waals surface area contributed by atoms with E-state index < -0.39 is 16.7 Å². The van der Waals surface area contributed by atoms with Crippen molar-refractivity contribution in [2.45, 2.75) is 12.8 Å². The highest BCUT2D eigenvalue weighted by Crippen LogP contribution is 2.29. The molecule has 0 saturated heterocycles. The summed E-state index contributed by atoms with van der Waals surface area (Å²) in [5, 5.41) is 0.755. The summed E-state index contributed by atoms with van der Waals surface area (Å²) in [4.78, 5) is 0. The Balaban J connectivity index is 1.55. The molecule has 162 valence electrons. The lowest BCUT2D eigenvalue weighted by atomic mass is 9.97. The minimum Gasteiger partial charge on any atom is -0.490 e. The number of ether oxygens (including phenoxy) is 1. The second-order valence-electron chi connectivity index (χ2n) is 7.47. The molecule has 4 rings (SSSR count). The minimum atomic E-state index is -0.812. The van der Waals surface area contributed by atoms with E-state index in [0.717, 1.165) is 22.3 Å². The monoisotopic (exact) mass is 452 g/mol. The first-order valence-electron chi connectivity index (χ1n) is 10.1. The Hall–Kier alpha value is -3.24. The van der Waals surface area contributed by atoms with E-state index in [4.69, 9.17) is 16.3 Å². The fraction of sp³-hybridized carbons (Fsp3) is 0.111. The van der Waals surface area contributed by atoms with Gasteiger partial charge in [-0.05, 0) is 70.8 Å². The molecule has 4 aromatic rings. The molecule has 5 heteroatoms. The fourth-order valence-electron chi connectivity index (χ4n) is 3.64. The summed E-state index contributed by atoms with van der Waals surface area (Å²) in [6.07, 6.45) is 2.30. The Morgan fingerprint density at radius 1 is 0.812 bits per heavy atom. The molecule has 4 aromatic carbocycles. The largest absolute Gasteiger partial charge is 0.490 e. The smallest absolute Gasteiger partial charge is 0.145 e. The van der Waals surface area contributed by atoms with Gasteiger partial charge in [-0.25, -0.2) is 13.2 Å². The van der Waals surface area contributed by atoms with Crippen LogP contribution in [0, 0.1) is 17.5 Å². The molecule has 0 fully saturated rings. The zero-order chi connectivity index (χ0) is 22.7. The Bertz CT molecular complexity index is 1260. The first-order chi connectivity index (χ1) is 15.5. The summed E-state index contributed by atoms with van der Waals surface area (Å²) in [6, 6.07) is 19.2. The number of rotatable bonds is 7. The third kappa shape index (κ3) is 4.66. The van der Waals surface area contributed by atoms with E-state index in [-0.39, 0.29) is 5.82 Å². The second-order valence-corrected chi connectivity index (χ2v) is 7.85. The van der Waals surface area contributed by atoms with Crippen molar-refractivity contribution in [3.05, 3.63) is 113 Å². The zero-order valence-corrected chi connectivity index (χ0v) is 17.9. The van der Waals surface area contributed by atoms with Crippen LogP contribution in [0.25, 0.3) is 21.9 Å². The molecule has 0 bridgehead atoms. The van der Waals surface area contributed by atoms with Crippen LogP contribution >= 0.6 is 11.6 Å². The standard InChI is InChI=1S/C27H20ClF3O/c1-2-13-32-22-10-7-18(8-11-22)20-9-12-23-21(16-20)6-5-19(27(23)31)4-3-17-14-24(29)26(28)25(30)15-17/h2,5-12,14-16H,1,3-4,13H2. The maximum Gasteiger partial charge on any atom is 0.145 e. The molecule has 0 heterocycles. The van der Waals surface area contributed by atoms with E-state index in [1.807, 2.05) is 42.5 Å². The Morgan fingerprint density at radius 2 is 1.50 bits per heavy atom. The van der Waals surface area contributed by atoms with Crippen LogP contribution in [0.1, 0.15) is 11.1 Å². The average Bonchev–Trinajstić information content (AvgIpc) is 2.81. The van der Waals surface area contributed by atoms with Crippen LogP contribution in [0.3, 0.4) is 0 Å². The van der Waals surface area contributed by atoms with Gasteiger partial charge in [0.25, 0.3) is 0 Å². The highest BCUT2D eigenvalue weighted by atomic mass is 35.5. The number of aryl methyl sites for hydroxylation is 2. The number of fused-ring (bicyclic) bond motifs is 1. The number of hydrogen-bond donors (Lipinski definition) is 0. The van der Waals surface area contributed by atoms with Gasteiger partial charge >= 0.3 is 0 Å². The SMILES string of the molecule is C=CCOc1ccc(-c2ccc3c(F)c(CCc4cc(F)c(Cl)c(F)c4)ccc3c2)cc1. The van der Waals surface area contributed by atoms with Crippen LogP contribution in [0.15, 0.2) is 79.4 Å². The molecule has 0 saturated carbocycles. The van der Waals surface area contributed by atoms with Gasteiger partial charge in [-0.15, -0.1) is 0 Å². The van der Waals surface area contributed by atoms with E-state index in [9.17, 15) is 8.78 Å². The van der Waals surface area contributed by atoms with Gasteiger partial charge in [0.15, 0.2) is 0 Å². The van der Waals surface area contributed by atoms with Crippen LogP contribution in [0.5, 0.6) is 5.75 Å². The van der Waals surface area contributed by atoms with Gasteiger partial charge in [-0.2, -0.15) is 0 Å². The van der Waals surface area contributed by atoms with E-state index in [1.165, 1.54) is 12.1 Å². The molecular weight excluding hydrogens is 433 g/mol. The van der Waals surface area contributed by atoms with Crippen molar-refractivity contribution < 1.29 is 17.9 Å². The fourth-order valence-corrected chi connectivity index (χ4v) is 3.75. The van der Waals surface area contributed by atoms with Gasteiger partial charge in [0.1, 0.15) is 34.8 Å². The predicted molar refractivity (Wildman–Crippen MR) is 124 cm³/mol. The topological polar surface area (TPSA) is 9.23 Å². The lowest BCUT2D eigenvalue weighted by Gasteiger charge is -2.10. The number of halogens is 4. The maximum absolute atomic E-state index is 15.1. The van der Waals surface area contributed by atoms with Crippen molar-refractivity contribution in [2.24, 2.45) is 0 Å². The van der Waals surface area contributed by atoms with Crippen molar-refractivity contribution in [1.29, 1.82) is 0 Å². The van der Waals surface area contributed by atoms with E-state index in [2.05, 4.69) is 6.58 Å². The quantitative estimate of drug-likeness (QED) is 0.204. The van der Waals surface area contributed by atoms with Crippen LogP contribution in [-0.4, -0.2) is 6.61 Å². The summed E-state index contributed by atoms with van der Waals surface area (Å²) in [5.41, 5.74) is 2.88. The third-order valence-corrected chi connectivity index (χ3v) is 5.68. The molecule has 1 nitrogen and oxygen atoms in total. The number of hydrogen-bond acceptors (Lipinski definition) is 1. The Kier molecular flexibility index (Phi) is 6.52. The molecule has 0 aromatic heterocycles. The molecule has 0 unspecified atom stereocenters. The van der Waals surface area contributed by atoms with Crippen LogP contribution < -0.4 is 4.74 Å². The molecule has 0 aliphatic heterocycles. The first kappa shape index (κ1) is 22.0. The van der Waals surface area contributed by atoms with E-state index in [0.29, 0.717) is 36.0 Å². The molecule has 0 N–H and O–H groups in total. The predicted octanol–water partition coefficient (Wildman–Crippen LogP) is 7.93. The molecule has 0 radical (unpaired) electrons. The average molecular weight is 453 g/mol. The minimum absolute atomic E-state index is 0.297. The van der Waals surface area contributed by atoms with Crippen LogP contribution in [0.2, 0.25) is 5.02 Å². The Labute approximate surface area is 189 Å². The normalized spacial score (nSPS) is 11.0. The second kappa shape index (κ2) is 9.49. The zero-order valence-electron chi connectivity index (χ0n) is 17.2. The summed E-state index contributed by atoms with van der Waals surface area (Å²) in [7, 11) is 0. The maximum atomic E-state index is 15.1. The van der Waals surface area contributed by atoms with E-state index >= 15 is 4.39 Å². The summed E-state index contributed by atoms with van der Waals surface area (Å²) in [5.74, 6) is -1.19. The molecule has 0 spiro atoms. The van der Waals surface area contributed by atoms with Gasteiger partial charge in [-0.3, -0.25) is 0 Å². The molecule has 0 amide bonds. The molecule has 0 atom stereocenters. The molecule has 32 heavy (non-hydrogen) atoms. The molecular formula is C27H20ClF3O. The highest BCUT2D eigenvalue weighted by molar-refractivity contribution is 6.30. The van der Waals surface area contributed by atoms with Crippen molar-refractivity contribution >= 4 is 22.4 Å². The summed E-state index contributed by atoms with van der Waals surface area (Å²) >= 11 is 5.52. The van der Waals surface area contributed by atoms with E-state index in [1.54, 1.807) is 18.2 Å². The lowest BCUT2D eigenvalue weighted by Crippen LogP contribution is -1.98. The van der Waals surface area contributed by atoms with Crippen molar-refractivity contribution in [2.75, 3.05) is 6.61 Å². The van der Waals surface area contributed by atoms with Crippen LogP contribution in [-0.2, 0) is 12.8 Å². The van der Waals surface area contributed by atoms with Gasteiger partial charge in [0, 0.05) is 5.39 Å². The van der Waals surface area contributed by atoms with Crippen molar-refractivity contribution in [3.63, 3.8) is 0 Å². The van der Waals surface area contributed by atoms with Crippen molar-refractivity contribution in [1.82, 2.24) is 0 Å². The molecule has 0 aliphatic carbocycles. The summed E-state index contributed by atoms with van der Waals surface area (Å²) in [6.45, 7) is 4.07. The van der Waals surface area contributed by atoms with Gasteiger partial charge < -0.3 is 4.74 Å². The lowest BCUT2D eigenvalue weighted by molar-refractivity contribution is 0.363. The van der Waals surface area contributed by atoms with Gasteiger partial charge in [0.05, 0.1) is 0 Å².